The van der Waals surface area contributed by atoms with Crippen molar-refractivity contribution in [3.05, 3.63) is 23.8 Å². The average Bonchev–Trinajstić information content (AvgIpc) is 3.22. The molecule has 0 bridgehead atoms. The third kappa shape index (κ3) is 1.58. The topological polar surface area (TPSA) is 123 Å². The number of aliphatic imine (C=N–C) groups is 1. The Morgan fingerprint density at radius 1 is 1.08 bits per heavy atom. The van der Waals surface area contributed by atoms with Gasteiger partial charge in [0.25, 0.3) is 5.91 Å². The summed E-state index contributed by atoms with van der Waals surface area (Å²) < 4.78 is 21.7. The zero-order chi connectivity index (χ0) is 18.5. The Balaban J connectivity index is 2.30. The van der Waals surface area contributed by atoms with Crippen LogP contribution in [0.4, 0.5) is 0 Å². The van der Waals surface area contributed by atoms with Gasteiger partial charge in [0.2, 0.25) is 0 Å². The Morgan fingerprint density at radius 2 is 1.76 bits per heavy atom. The van der Waals surface area contributed by atoms with Gasteiger partial charge in [-0.05, 0) is 6.07 Å². The zero-order valence-corrected chi connectivity index (χ0v) is 14.4. The molecule has 3 rings (SSSR count). The molecule has 2 N–H and O–H groups in total. The predicted octanol–water partition coefficient (Wildman–Crippen LogP) is 1.14. The lowest BCUT2D eigenvalue weighted by molar-refractivity contribution is -0.230. The fraction of sp³-hybridized carbons (Fsp3) is 0.471. The van der Waals surface area contributed by atoms with Gasteiger partial charge in [-0.3, -0.25) is 0 Å². The molecule has 0 amide bonds. The van der Waals surface area contributed by atoms with Crippen LogP contribution in [-0.4, -0.2) is 40.2 Å². The van der Waals surface area contributed by atoms with Crippen molar-refractivity contribution in [2.45, 2.75) is 11.8 Å². The van der Waals surface area contributed by atoms with Gasteiger partial charge >= 0.3 is 0 Å². The van der Waals surface area contributed by atoms with E-state index in [9.17, 15) is 10.5 Å². The minimum absolute atomic E-state index is 0.00937. The molecule has 130 valence electrons. The summed E-state index contributed by atoms with van der Waals surface area (Å²) in [5, 5.41) is 20.0. The number of hydrogen-bond acceptors (Lipinski definition) is 8. The maximum absolute atomic E-state index is 10.0. The molecule has 2 aliphatic rings. The average molecular weight is 342 g/mol. The molecule has 1 heterocycles. The molecular weight excluding hydrogens is 324 g/mol. The van der Waals surface area contributed by atoms with E-state index in [-0.39, 0.29) is 5.84 Å². The molecular formula is C17H18N4O4. The van der Waals surface area contributed by atoms with Crippen LogP contribution in [0.15, 0.2) is 23.2 Å². The van der Waals surface area contributed by atoms with E-state index in [0.717, 1.165) is 0 Å². The van der Waals surface area contributed by atoms with E-state index in [1.807, 2.05) is 0 Å². The summed E-state index contributed by atoms with van der Waals surface area (Å²) in [7, 11) is 5.74. The van der Waals surface area contributed by atoms with Gasteiger partial charge in [-0.2, -0.15) is 10.5 Å². The SMILES string of the molecule is COc1cccc([C@H]2[C@]3(C#N)C(N)=NC(OC)(OC)[C@]23C#N)c1OC. The highest BCUT2D eigenvalue weighted by Crippen LogP contribution is 2.82. The number of nitriles is 2. The van der Waals surface area contributed by atoms with Gasteiger partial charge in [-0.1, -0.05) is 12.1 Å². The number of rotatable bonds is 5. The Hall–Kier alpha value is -2.81. The minimum atomic E-state index is -1.67. The van der Waals surface area contributed by atoms with Crippen molar-refractivity contribution >= 4 is 5.84 Å². The first kappa shape index (κ1) is 17.0. The molecule has 0 aromatic heterocycles. The number of ether oxygens (including phenoxy) is 4. The normalized spacial score (nSPS) is 31.3. The monoisotopic (exact) mass is 342 g/mol. The molecule has 0 radical (unpaired) electrons. The van der Waals surface area contributed by atoms with Crippen molar-refractivity contribution < 1.29 is 18.9 Å². The number of fused-ring (bicyclic) bond motifs is 1. The van der Waals surface area contributed by atoms with Crippen LogP contribution in [0, 0.1) is 33.5 Å². The number of nitrogens with two attached hydrogens (primary N) is 1. The molecule has 1 aliphatic carbocycles. The van der Waals surface area contributed by atoms with Gasteiger partial charge in [0.05, 0.1) is 26.4 Å². The molecule has 1 fully saturated rings. The van der Waals surface area contributed by atoms with Crippen molar-refractivity contribution in [2.24, 2.45) is 21.6 Å². The predicted molar refractivity (Wildman–Crippen MR) is 86.8 cm³/mol. The molecule has 1 aliphatic heterocycles. The van der Waals surface area contributed by atoms with E-state index in [1.54, 1.807) is 18.2 Å². The Bertz CT molecular complexity index is 836. The van der Waals surface area contributed by atoms with Gasteiger partial charge in [-0.15, -0.1) is 0 Å². The third-order valence-electron chi connectivity index (χ3n) is 5.23. The van der Waals surface area contributed by atoms with Crippen LogP contribution in [-0.2, 0) is 9.47 Å². The smallest absolute Gasteiger partial charge is 0.292 e. The number of para-hydroxylation sites is 1. The van der Waals surface area contributed by atoms with E-state index in [1.165, 1.54) is 28.4 Å². The maximum Gasteiger partial charge on any atom is 0.292 e. The summed E-state index contributed by atoms with van der Waals surface area (Å²) in [5.74, 6) is -1.38. The maximum atomic E-state index is 10.0. The van der Waals surface area contributed by atoms with Crippen LogP contribution >= 0.6 is 0 Å². The molecule has 0 saturated heterocycles. The lowest BCUT2D eigenvalue weighted by Crippen LogP contribution is -2.41. The molecule has 8 nitrogen and oxygen atoms in total. The second kappa shape index (κ2) is 5.35. The number of benzene rings is 1. The van der Waals surface area contributed by atoms with Gasteiger partial charge in [-0.25, -0.2) is 4.99 Å². The summed E-state index contributed by atoms with van der Waals surface area (Å²) >= 11 is 0. The lowest BCUT2D eigenvalue weighted by atomic mass is 9.93. The van der Waals surface area contributed by atoms with Crippen molar-refractivity contribution in [3.63, 3.8) is 0 Å². The van der Waals surface area contributed by atoms with Gasteiger partial charge in [0.15, 0.2) is 16.9 Å². The van der Waals surface area contributed by atoms with Gasteiger partial charge in [0, 0.05) is 25.7 Å². The van der Waals surface area contributed by atoms with E-state index in [4.69, 9.17) is 24.7 Å². The van der Waals surface area contributed by atoms with Crippen LogP contribution in [0.1, 0.15) is 11.5 Å². The first-order chi connectivity index (χ1) is 12.0. The molecule has 8 heteroatoms. The van der Waals surface area contributed by atoms with Crippen LogP contribution < -0.4 is 15.2 Å². The highest BCUT2D eigenvalue weighted by molar-refractivity contribution is 6.00. The first-order valence-corrected chi connectivity index (χ1v) is 7.49. The fourth-order valence-corrected chi connectivity index (χ4v) is 4.13. The number of hydrogen-bond donors (Lipinski definition) is 1. The summed E-state index contributed by atoms with van der Waals surface area (Å²) in [6.07, 6.45) is 0. The van der Waals surface area contributed by atoms with Crippen molar-refractivity contribution in [2.75, 3.05) is 28.4 Å². The Labute approximate surface area is 145 Å². The minimum Gasteiger partial charge on any atom is -0.493 e. The third-order valence-corrected chi connectivity index (χ3v) is 5.23. The highest BCUT2D eigenvalue weighted by atomic mass is 16.7. The molecule has 1 aromatic carbocycles. The van der Waals surface area contributed by atoms with Crippen molar-refractivity contribution in [3.8, 4) is 23.6 Å². The highest BCUT2D eigenvalue weighted by Gasteiger charge is 2.94. The van der Waals surface area contributed by atoms with Crippen molar-refractivity contribution in [1.29, 1.82) is 10.5 Å². The Morgan fingerprint density at radius 3 is 2.24 bits per heavy atom. The molecule has 0 spiro atoms. The van der Waals surface area contributed by atoms with Crippen molar-refractivity contribution in [1.82, 2.24) is 0 Å². The zero-order valence-electron chi connectivity index (χ0n) is 14.4. The molecule has 3 atom stereocenters. The van der Waals surface area contributed by atoms with E-state index >= 15 is 0 Å². The molecule has 0 unspecified atom stereocenters. The van der Waals surface area contributed by atoms with Crippen LogP contribution in [0.25, 0.3) is 0 Å². The lowest BCUT2D eigenvalue weighted by Gasteiger charge is -2.29. The number of amidine groups is 1. The number of nitrogens with zero attached hydrogens (tertiary/aromatic N) is 3. The standard InChI is InChI=1S/C17H18N4O4/c1-22-11-7-5-6-10(12(11)23-2)13-15(8-18)14(20)21-17(24-3,25-4)16(13,15)9-19/h5-7,13H,1-4H3,(H2,20,21)/t13-,15+,16+/m0/s1. The van der Waals surface area contributed by atoms with Crippen LogP contribution in [0.3, 0.4) is 0 Å². The largest absolute Gasteiger partial charge is 0.493 e. The molecule has 1 saturated carbocycles. The summed E-state index contributed by atoms with van der Waals surface area (Å²) in [5.41, 5.74) is 3.90. The van der Waals surface area contributed by atoms with E-state index < -0.39 is 22.7 Å². The molecule has 1 aromatic rings. The van der Waals surface area contributed by atoms with Crippen LogP contribution in [0.2, 0.25) is 0 Å². The van der Waals surface area contributed by atoms with Crippen LogP contribution in [0.5, 0.6) is 11.5 Å². The quantitative estimate of drug-likeness (QED) is 0.796. The fourth-order valence-electron chi connectivity index (χ4n) is 4.13. The first-order valence-electron chi connectivity index (χ1n) is 7.49. The van der Waals surface area contributed by atoms with E-state index in [0.29, 0.717) is 17.1 Å². The van der Waals surface area contributed by atoms with Gasteiger partial charge in [0.1, 0.15) is 11.3 Å². The number of methoxy groups -OCH3 is 4. The summed E-state index contributed by atoms with van der Waals surface area (Å²) in [6.45, 7) is 0. The second-order valence-electron chi connectivity index (χ2n) is 5.84. The Kier molecular flexibility index (Phi) is 3.64. The summed E-state index contributed by atoms with van der Waals surface area (Å²) in [6, 6.07) is 9.65. The second-order valence-corrected chi connectivity index (χ2v) is 5.84. The summed E-state index contributed by atoms with van der Waals surface area (Å²) in [4.78, 5) is 4.18. The van der Waals surface area contributed by atoms with E-state index in [2.05, 4.69) is 17.1 Å². The van der Waals surface area contributed by atoms with Gasteiger partial charge < -0.3 is 24.7 Å². The molecule has 25 heavy (non-hydrogen) atoms.